The molecule has 33 heavy (non-hydrogen) atoms. The van der Waals surface area contributed by atoms with Crippen LogP contribution in [0.15, 0.2) is 42.5 Å². The third-order valence-electron chi connectivity index (χ3n) is 5.73. The molecule has 0 fully saturated rings. The lowest BCUT2D eigenvalue weighted by atomic mass is 9.88. The molecule has 2 aromatic carbocycles. The molecule has 0 saturated carbocycles. The zero-order valence-corrected chi connectivity index (χ0v) is 20.9. The van der Waals surface area contributed by atoms with Crippen molar-refractivity contribution in [3.05, 3.63) is 53.6 Å². The van der Waals surface area contributed by atoms with Crippen LogP contribution in [0.2, 0.25) is 0 Å². The van der Waals surface area contributed by atoms with Crippen molar-refractivity contribution in [2.75, 3.05) is 38.8 Å². The number of rotatable bonds is 9. The molecule has 1 heterocycles. The molecule has 1 aliphatic heterocycles. The van der Waals surface area contributed by atoms with Gasteiger partial charge >= 0.3 is 0 Å². The smallest absolute Gasteiger partial charge is 0.241 e. The highest BCUT2D eigenvalue weighted by Gasteiger charge is 2.36. The second kappa shape index (κ2) is 10.3. The van der Waals surface area contributed by atoms with E-state index in [-0.39, 0.29) is 5.91 Å². The van der Waals surface area contributed by atoms with Crippen molar-refractivity contribution in [2.45, 2.75) is 46.7 Å². The van der Waals surface area contributed by atoms with Gasteiger partial charge in [0, 0.05) is 12.1 Å². The molecule has 0 N–H and O–H groups in total. The summed E-state index contributed by atoms with van der Waals surface area (Å²) in [5.74, 6) is 2.29. The van der Waals surface area contributed by atoms with E-state index >= 15 is 0 Å². The first-order valence-corrected chi connectivity index (χ1v) is 11.5. The summed E-state index contributed by atoms with van der Waals surface area (Å²) in [5.41, 5.74) is 3.73. The number of amides is 1. The Bertz CT molecular complexity index is 1030. The SMILES string of the molecule is CCOc1ccc2c(c1)C(C)=CC(C)(C)N2C(=O)CN(C)Cc1ccc(OCC)c(OC)c1. The van der Waals surface area contributed by atoms with Crippen LogP contribution in [0.4, 0.5) is 5.69 Å². The van der Waals surface area contributed by atoms with Crippen molar-refractivity contribution in [1.29, 1.82) is 0 Å². The molecule has 0 aromatic heterocycles. The Morgan fingerprint density at radius 2 is 1.76 bits per heavy atom. The number of carbonyl (C=O) groups excluding carboxylic acids is 1. The summed E-state index contributed by atoms with van der Waals surface area (Å²) in [7, 11) is 3.59. The molecule has 0 spiro atoms. The third kappa shape index (κ3) is 5.50. The van der Waals surface area contributed by atoms with Crippen LogP contribution in [0.1, 0.15) is 45.7 Å². The lowest BCUT2D eigenvalue weighted by molar-refractivity contribution is -0.120. The number of allylic oxidation sites excluding steroid dienone is 1. The number of nitrogens with zero attached hydrogens (tertiary/aromatic N) is 2. The van der Waals surface area contributed by atoms with Gasteiger partial charge in [-0.2, -0.15) is 0 Å². The number of anilines is 1. The molecule has 6 nitrogen and oxygen atoms in total. The van der Waals surface area contributed by atoms with Crippen molar-refractivity contribution >= 4 is 17.2 Å². The highest BCUT2D eigenvalue weighted by Crippen LogP contribution is 2.40. The first-order valence-electron chi connectivity index (χ1n) is 11.5. The van der Waals surface area contributed by atoms with E-state index in [4.69, 9.17) is 14.2 Å². The average molecular weight is 453 g/mol. The predicted octanol–water partition coefficient (Wildman–Crippen LogP) is 5.15. The average Bonchev–Trinajstić information content (AvgIpc) is 2.74. The number of benzene rings is 2. The first-order chi connectivity index (χ1) is 15.7. The van der Waals surface area contributed by atoms with Gasteiger partial charge in [0.1, 0.15) is 5.75 Å². The minimum Gasteiger partial charge on any atom is -0.494 e. The Morgan fingerprint density at radius 1 is 1.03 bits per heavy atom. The molecular formula is C27H36N2O4. The maximum absolute atomic E-state index is 13.5. The van der Waals surface area contributed by atoms with E-state index in [0.29, 0.717) is 32.1 Å². The number of carbonyl (C=O) groups is 1. The molecule has 3 rings (SSSR count). The van der Waals surface area contributed by atoms with Gasteiger partial charge in [0.2, 0.25) is 5.91 Å². The number of likely N-dealkylation sites (N-methyl/N-ethyl adjacent to an activating group) is 1. The number of hydrogen-bond donors (Lipinski definition) is 0. The van der Waals surface area contributed by atoms with Gasteiger partial charge in [-0.15, -0.1) is 0 Å². The van der Waals surface area contributed by atoms with Crippen LogP contribution in [0.5, 0.6) is 17.2 Å². The molecule has 178 valence electrons. The van der Waals surface area contributed by atoms with Crippen LogP contribution in [0.25, 0.3) is 5.57 Å². The van der Waals surface area contributed by atoms with E-state index in [1.54, 1.807) is 7.11 Å². The molecule has 1 amide bonds. The van der Waals surface area contributed by atoms with Crippen molar-refractivity contribution < 1.29 is 19.0 Å². The Kier molecular flexibility index (Phi) is 7.69. The predicted molar refractivity (Wildman–Crippen MR) is 133 cm³/mol. The minimum absolute atomic E-state index is 0.0505. The topological polar surface area (TPSA) is 51.2 Å². The lowest BCUT2D eigenvalue weighted by Crippen LogP contribution is -2.51. The lowest BCUT2D eigenvalue weighted by Gasteiger charge is -2.42. The van der Waals surface area contributed by atoms with Crippen LogP contribution < -0.4 is 19.1 Å². The second-order valence-electron chi connectivity index (χ2n) is 8.91. The Balaban J connectivity index is 1.79. The van der Waals surface area contributed by atoms with Crippen molar-refractivity contribution in [1.82, 2.24) is 4.90 Å². The van der Waals surface area contributed by atoms with Gasteiger partial charge in [0.15, 0.2) is 11.5 Å². The van der Waals surface area contributed by atoms with E-state index < -0.39 is 5.54 Å². The number of hydrogen-bond acceptors (Lipinski definition) is 5. The Hall–Kier alpha value is -2.99. The standard InChI is InChI=1S/C27H36N2O4/c1-8-32-21-11-12-23-22(15-21)19(3)16-27(4,5)29(23)26(30)18-28(6)17-20-10-13-24(33-9-2)25(14-20)31-7/h10-16H,8-9,17-18H2,1-7H3. The summed E-state index contributed by atoms with van der Waals surface area (Å²) < 4.78 is 16.8. The largest absolute Gasteiger partial charge is 0.494 e. The van der Waals surface area contributed by atoms with Crippen LogP contribution in [0.3, 0.4) is 0 Å². The van der Waals surface area contributed by atoms with E-state index in [2.05, 4.69) is 26.8 Å². The number of ether oxygens (including phenoxy) is 3. The maximum atomic E-state index is 13.5. The summed E-state index contributed by atoms with van der Waals surface area (Å²) in [6.07, 6.45) is 2.15. The fraction of sp³-hybridized carbons (Fsp3) is 0.444. The summed E-state index contributed by atoms with van der Waals surface area (Å²) in [6.45, 7) is 12.2. The van der Waals surface area contributed by atoms with Gasteiger partial charge in [-0.25, -0.2) is 0 Å². The monoisotopic (exact) mass is 452 g/mol. The Labute approximate surface area is 197 Å². The molecule has 2 aromatic rings. The molecule has 0 saturated heterocycles. The van der Waals surface area contributed by atoms with Gasteiger partial charge in [-0.3, -0.25) is 9.69 Å². The fourth-order valence-corrected chi connectivity index (χ4v) is 4.48. The van der Waals surface area contributed by atoms with E-state index in [1.807, 2.05) is 67.1 Å². The van der Waals surface area contributed by atoms with Crippen LogP contribution in [-0.4, -0.2) is 50.3 Å². The van der Waals surface area contributed by atoms with Crippen molar-refractivity contribution in [2.24, 2.45) is 0 Å². The maximum Gasteiger partial charge on any atom is 0.241 e. The van der Waals surface area contributed by atoms with Gasteiger partial charge in [0.05, 0.1) is 38.1 Å². The van der Waals surface area contributed by atoms with Gasteiger partial charge < -0.3 is 19.1 Å². The van der Waals surface area contributed by atoms with Gasteiger partial charge in [0.25, 0.3) is 0 Å². The van der Waals surface area contributed by atoms with Crippen LogP contribution in [0, 0.1) is 0 Å². The zero-order valence-electron chi connectivity index (χ0n) is 20.9. The van der Waals surface area contributed by atoms with Crippen LogP contribution >= 0.6 is 0 Å². The number of fused-ring (bicyclic) bond motifs is 1. The van der Waals surface area contributed by atoms with Crippen molar-refractivity contribution in [3.63, 3.8) is 0 Å². The summed E-state index contributed by atoms with van der Waals surface area (Å²) in [5, 5.41) is 0. The normalized spacial score (nSPS) is 14.5. The highest BCUT2D eigenvalue weighted by atomic mass is 16.5. The van der Waals surface area contributed by atoms with Gasteiger partial charge in [-0.05, 0) is 83.1 Å². The van der Waals surface area contributed by atoms with E-state index in [0.717, 1.165) is 33.9 Å². The third-order valence-corrected chi connectivity index (χ3v) is 5.73. The Morgan fingerprint density at radius 3 is 2.42 bits per heavy atom. The van der Waals surface area contributed by atoms with E-state index in [9.17, 15) is 4.79 Å². The first kappa shape index (κ1) is 24.6. The van der Waals surface area contributed by atoms with Crippen LogP contribution in [-0.2, 0) is 11.3 Å². The zero-order chi connectivity index (χ0) is 24.2. The quantitative estimate of drug-likeness (QED) is 0.526. The molecule has 6 heteroatoms. The highest BCUT2D eigenvalue weighted by molar-refractivity contribution is 6.01. The minimum atomic E-state index is -0.426. The summed E-state index contributed by atoms with van der Waals surface area (Å²) in [6, 6.07) is 11.8. The van der Waals surface area contributed by atoms with E-state index in [1.165, 1.54) is 0 Å². The second-order valence-corrected chi connectivity index (χ2v) is 8.91. The molecule has 0 bridgehead atoms. The fourth-order valence-electron chi connectivity index (χ4n) is 4.48. The molecule has 0 aliphatic carbocycles. The molecule has 1 aliphatic rings. The summed E-state index contributed by atoms with van der Waals surface area (Å²) >= 11 is 0. The molecule has 0 unspecified atom stereocenters. The number of methoxy groups -OCH3 is 1. The van der Waals surface area contributed by atoms with Gasteiger partial charge in [-0.1, -0.05) is 12.1 Å². The molecule has 0 atom stereocenters. The summed E-state index contributed by atoms with van der Waals surface area (Å²) in [4.78, 5) is 17.5. The van der Waals surface area contributed by atoms with Crippen molar-refractivity contribution in [3.8, 4) is 17.2 Å². The molecular weight excluding hydrogens is 416 g/mol. The molecule has 0 radical (unpaired) electrons.